The molecule has 1 saturated carbocycles. The van der Waals surface area contributed by atoms with Crippen LogP contribution in [0.25, 0.3) is 10.9 Å². The highest BCUT2D eigenvalue weighted by atomic mass is 16.1. The molecule has 4 heteroatoms. The Balaban J connectivity index is 1.73. The Bertz CT molecular complexity index is 627. The number of carbonyl (C=O) groups excluding carboxylic acids is 1. The SMILES string of the molecule is CNC1CCC(NC(=O)c2ccnc3ccccc23)CC1. The fourth-order valence-electron chi connectivity index (χ4n) is 3.08. The van der Waals surface area contributed by atoms with Crippen molar-refractivity contribution in [3.63, 3.8) is 0 Å². The summed E-state index contributed by atoms with van der Waals surface area (Å²) in [5.41, 5.74) is 1.58. The topological polar surface area (TPSA) is 54.0 Å². The van der Waals surface area contributed by atoms with Crippen LogP contribution in [0.2, 0.25) is 0 Å². The van der Waals surface area contributed by atoms with Gasteiger partial charge in [0.15, 0.2) is 0 Å². The average molecular weight is 283 g/mol. The first kappa shape index (κ1) is 14.0. The zero-order valence-electron chi connectivity index (χ0n) is 12.3. The van der Waals surface area contributed by atoms with Gasteiger partial charge >= 0.3 is 0 Å². The van der Waals surface area contributed by atoms with Gasteiger partial charge < -0.3 is 10.6 Å². The van der Waals surface area contributed by atoms with Crippen molar-refractivity contribution in [3.8, 4) is 0 Å². The van der Waals surface area contributed by atoms with Gasteiger partial charge in [-0.25, -0.2) is 0 Å². The van der Waals surface area contributed by atoms with Crippen LogP contribution in [0.15, 0.2) is 36.5 Å². The summed E-state index contributed by atoms with van der Waals surface area (Å²) in [4.78, 5) is 16.8. The van der Waals surface area contributed by atoms with E-state index in [0.29, 0.717) is 6.04 Å². The summed E-state index contributed by atoms with van der Waals surface area (Å²) >= 11 is 0. The lowest BCUT2D eigenvalue weighted by Gasteiger charge is -2.28. The predicted octanol–water partition coefficient (Wildman–Crippen LogP) is 2.50. The van der Waals surface area contributed by atoms with Gasteiger partial charge in [-0.15, -0.1) is 0 Å². The van der Waals surface area contributed by atoms with Crippen LogP contribution in [-0.4, -0.2) is 30.0 Å². The quantitative estimate of drug-likeness (QED) is 0.910. The van der Waals surface area contributed by atoms with E-state index in [-0.39, 0.29) is 11.9 Å². The van der Waals surface area contributed by atoms with Crippen LogP contribution in [-0.2, 0) is 0 Å². The van der Waals surface area contributed by atoms with Gasteiger partial charge in [-0.05, 0) is 44.9 Å². The zero-order valence-corrected chi connectivity index (χ0v) is 12.3. The van der Waals surface area contributed by atoms with Gasteiger partial charge in [0.1, 0.15) is 0 Å². The van der Waals surface area contributed by atoms with E-state index in [1.165, 1.54) is 0 Å². The standard InChI is InChI=1S/C17H21N3O/c1-18-12-6-8-13(9-7-12)20-17(21)15-10-11-19-16-5-3-2-4-14(15)16/h2-5,10-13,18H,6-9H2,1H3,(H,20,21). The largest absolute Gasteiger partial charge is 0.349 e. The lowest BCUT2D eigenvalue weighted by molar-refractivity contribution is 0.0926. The first-order valence-electron chi connectivity index (χ1n) is 7.60. The molecule has 1 amide bonds. The maximum atomic E-state index is 12.5. The molecule has 110 valence electrons. The molecule has 0 radical (unpaired) electrons. The number of fused-ring (bicyclic) bond motifs is 1. The van der Waals surface area contributed by atoms with Crippen LogP contribution in [0.3, 0.4) is 0 Å². The van der Waals surface area contributed by atoms with E-state index in [1.54, 1.807) is 12.3 Å². The third-order valence-electron chi connectivity index (χ3n) is 4.36. The number of amides is 1. The van der Waals surface area contributed by atoms with E-state index in [2.05, 4.69) is 15.6 Å². The molecule has 4 nitrogen and oxygen atoms in total. The smallest absolute Gasteiger partial charge is 0.252 e. The van der Waals surface area contributed by atoms with Gasteiger partial charge in [0.25, 0.3) is 5.91 Å². The molecule has 1 aromatic carbocycles. The lowest BCUT2D eigenvalue weighted by atomic mass is 9.91. The van der Waals surface area contributed by atoms with Crippen LogP contribution in [0.5, 0.6) is 0 Å². The molecule has 3 rings (SSSR count). The van der Waals surface area contributed by atoms with Crippen molar-refractivity contribution in [3.05, 3.63) is 42.1 Å². The first-order valence-corrected chi connectivity index (χ1v) is 7.60. The molecular weight excluding hydrogens is 262 g/mol. The number of nitrogens with zero attached hydrogens (tertiary/aromatic N) is 1. The summed E-state index contributed by atoms with van der Waals surface area (Å²) in [6.07, 6.45) is 6.03. The van der Waals surface area contributed by atoms with E-state index < -0.39 is 0 Å². The van der Waals surface area contributed by atoms with E-state index in [1.807, 2.05) is 31.3 Å². The number of carbonyl (C=O) groups is 1. The molecule has 0 saturated heterocycles. The van der Waals surface area contributed by atoms with Crippen molar-refractivity contribution in [1.29, 1.82) is 0 Å². The van der Waals surface area contributed by atoms with Crippen molar-refractivity contribution in [1.82, 2.24) is 15.6 Å². The lowest BCUT2D eigenvalue weighted by Crippen LogP contribution is -2.41. The molecular formula is C17H21N3O. The molecule has 0 unspecified atom stereocenters. The van der Waals surface area contributed by atoms with Crippen LogP contribution in [0.1, 0.15) is 36.0 Å². The van der Waals surface area contributed by atoms with Gasteiger partial charge in [-0.1, -0.05) is 18.2 Å². The summed E-state index contributed by atoms with van der Waals surface area (Å²) in [5, 5.41) is 7.41. The summed E-state index contributed by atoms with van der Waals surface area (Å²) in [7, 11) is 2.01. The summed E-state index contributed by atoms with van der Waals surface area (Å²) in [5.74, 6) is 0.0153. The number of hydrogen-bond acceptors (Lipinski definition) is 3. The number of hydrogen-bond donors (Lipinski definition) is 2. The van der Waals surface area contributed by atoms with Crippen LogP contribution in [0, 0.1) is 0 Å². The Kier molecular flexibility index (Phi) is 4.15. The van der Waals surface area contributed by atoms with Crippen molar-refractivity contribution in [2.45, 2.75) is 37.8 Å². The molecule has 2 N–H and O–H groups in total. The van der Waals surface area contributed by atoms with Crippen molar-refractivity contribution < 1.29 is 4.79 Å². The second kappa shape index (κ2) is 6.22. The number of pyridine rings is 1. The summed E-state index contributed by atoms with van der Waals surface area (Å²) in [6.45, 7) is 0. The number of benzene rings is 1. The molecule has 1 fully saturated rings. The molecule has 1 aliphatic rings. The molecule has 1 aromatic heterocycles. The Morgan fingerprint density at radius 3 is 2.57 bits per heavy atom. The van der Waals surface area contributed by atoms with E-state index >= 15 is 0 Å². The number of rotatable bonds is 3. The highest BCUT2D eigenvalue weighted by Gasteiger charge is 2.22. The Morgan fingerprint density at radius 2 is 1.81 bits per heavy atom. The first-order chi connectivity index (χ1) is 10.3. The van der Waals surface area contributed by atoms with E-state index in [4.69, 9.17) is 0 Å². The molecule has 1 aliphatic carbocycles. The summed E-state index contributed by atoms with van der Waals surface area (Å²) < 4.78 is 0. The van der Waals surface area contributed by atoms with E-state index in [9.17, 15) is 4.79 Å². The normalized spacial score (nSPS) is 22.1. The minimum Gasteiger partial charge on any atom is -0.349 e. The van der Waals surface area contributed by atoms with Gasteiger partial charge in [-0.2, -0.15) is 0 Å². The second-order valence-corrected chi connectivity index (χ2v) is 5.69. The molecule has 2 aromatic rings. The van der Waals surface area contributed by atoms with Crippen LogP contribution < -0.4 is 10.6 Å². The maximum Gasteiger partial charge on any atom is 0.252 e. The molecule has 0 atom stereocenters. The number of para-hydroxylation sites is 1. The van der Waals surface area contributed by atoms with Crippen molar-refractivity contribution >= 4 is 16.8 Å². The van der Waals surface area contributed by atoms with E-state index in [0.717, 1.165) is 42.1 Å². The Labute approximate surface area is 125 Å². The van der Waals surface area contributed by atoms with Crippen LogP contribution in [0.4, 0.5) is 0 Å². The molecule has 0 aliphatic heterocycles. The highest BCUT2D eigenvalue weighted by molar-refractivity contribution is 6.06. The second-order valence-electron chi connectivity index (χ2n) is 5.69. The predicted molar refractivity (Wildman–Crippen MR) is 84.3 cm³/mol. The Hall–Kier alpha value is -1.94. The van der Waals surface area contributed by atoms with Crippen molar-refractivity contribution in [2.75, 3.05) is 7.05 Å². The minimum atomic E-state index is 0.0153. The van der Waals surface area contributed by atoms with Crippen molar-refractivity contribution in [2.24, 2.45) is 0 Å². The monoisotopic (exact) mass is 283 g/mol. The average Bonchev–Trinajstić information content (AvgIpc) is 2.55. The van der Waals surface area contributed by atoms with Crippen LogP contribution >= 0.6 is 0 Å². The zero-order chi connectivity index (χ0) is 14.7. The fourth-order valence-corrected chi connectivity index (χ4v) is 3.08. The fraction of sp³-hybridized carbons (Fsp3) is 0.412. The third kappa shape index (κ3) is 3.05. The number of nitrogens with one attached hydrogen (secondary N) is 2. The molecule has 21 heavy (non-hydrogen) atoms. The van der Waals surface area contributed by atoms with Gasteiger partial charge in [-0.3, -0.25) is 9.78 Å². The van der Waals surface area contributed by atoms with Gasteiger partial charge in [0, 0.05) is 23.7 Å². The third-order valence-corrected chi connectivity index (χ3v) is 4.36. The number of aromatic nitrogens is 1. The molecule has 1 heterocycles. The Morgan fingerprint density at radius 1 is 1.10 bits per heavy atom. The van der Waals surface area contributed by atoms with Gasteiger partial charge in [0.05, 0.1) is 11.1 Å². The highest BCUT2D eigenvalue weighted by Crippen LogP contribution is 2.20. The summed E-state index contributed by atoms with van der Waals surface area (Å²) in [6, 6.07) is 10.5. The molecule has 0 spiro atoms. The molecule has 0 bridgehead atoms. The van der Waals surface area contributed by atoms with Gasteiger partial charge in [0.2, 0.25) is 0 Å². The maximum absolute atomic E-state index is 12.5. The minimum absolute atomic E-state index is 0.0153.